The van der Waals surface area contributed by atoms with Crippen molar-refractivity contribution < 1.29 is 27.1 Å². The number of carbonyl (C=O) groups excluding carboxylic acids is 1. The fourth-order valence-electron chi connectivity index (χ4n) is 4.10. The van der Waals surface area contributed by atoms with E-state index in [0.717, 1.165) is 22.1 Å². The van der Waals surface area contributed by atoms with Gasteiger partial charge >= 0.3 is 0 Å². The molecule has 3 aromatic rings. The molecule has 3 aromatic carbocycles. The van der Waals surface area contributed by atoms with Crippen LogP contribution in [0.1, 0.15) is 0 Å². The number of piperazine rings is 1. The van der Waals surface area contributed by atoms with Gasteiger partial charge in [-0.3, -0.25) is 9.10 Å². The second-order valence-electron chi connectivity index (χ2n) is 8.21. The first-order chi connectivity index (χ1) is 17.3. The van der Waals surface area contributed by atoms with E-state index in [2.05, 4.69) is 4.90 Å². The van der Waals surface area contributed by atoms with Crippen molar-refractivity contribution in [2.45, 2.75) is 4.90 Å². The largest absolute Gasteiger partial charge is 0.493 e. The lowest BCUT2D eigenvalue weighted by Crippen LogP contribution is -2.52. The first-order valence-corrected chi connectivity index (χ1v) is 12.9. The highest BCUT2D eigenvalue weighted by Crippen LogP contribution is 2.32. The predicted molar refractivity (Wildman–Crippen MR) is 136 cm³/mol. The Morgan fingerprint density at radius 3 is 2.14 bits per heavy atom. The van der Waals surface area contributed by atoms with Crippen molar-refractivity contribution >= 4 is 27.3 Å². The van der Waals surface area contributed by atoms with Crippen molar-refractivity contribution in [1.82, 2.24) is 4.90 Å². The van der Waals surface area contributed by atoms with E-state index >= 15 is 0 Å². The minimum atomic E-state index is -4.19. The fraction of sp³-hybridized carbons (Fsp3) is 0.269. The summed E-state index contributed by atoms with van der Waals surface area (Å²) in [4.78, 5) is 17.0. The highest BCUT2D eigenvalue weighted by molar-refractivity contribution is 7.92. The van der Waals surface area contributed by atoms with Gasteiger partial charge in [0, 0.05) is 37.9 Å². The zero-order valence-corrected chi connectivity index (χ0v) is 20.9. The molecule has 0 aliphatic carbocycles. The monoisotopic (exact) mass is 513 g/mol. The number of amides is 1. The lowest BCUT2D eigenvalue weighted by Gasteiger charge is -2.37. The summed E-state index contributed by atoms with van der Waals surface area (Å²) >= 11 is 0. The molecular weight excluding hydrogens is 485 g/mol. The Bertz CT molecular complexity index is 1290. The van der Waals surface area contributed by atoms with Crippen LogP contribution in [0, 0.1) is 5.82 Å². The maximum Gasteiger partial charge on any atom is 0.264 e. The van der Waals surface area contributed by atoms with Gasteiger partial charge in [-0.25, -0.2) is 12.8 Å². The number of halogens is 1. The zero-order chi connectivity index (χ0) is 25.7. The molecule has 0 saturated carbocycles. The van der Waals surface area contributed by atoms with Crippen LogP contribution in [-0.2, 0) is 14.8 Å². The van der Waals surface area contributed by atoms with Crippen molar-refractivity contribution in [2.24, 2.45) is 0 Å². The second kappa shape index (κ2) is 10.9. The Balaban J connectivity index is 1.58. The van der Waals surface area contributed by atoms with Crippen LogP contribution in [0.25, 0.3) is 0 Å². The summed E-state index contributed by atoms with van der Waals surface area (Å²) in [6, 6.07) is 19.1. The summed E-state index contributed by atoms with van der Waals surface area (Å²) in [6.45, 7) is 1.76. The molecule has 1 amide bonds. The van der Waals surface area contributed by atoms with Crippen LogP contribution in [0.15, 0.2) is 77.7 Å². The van der Waals surface area contributed by atoms with Crippen molar-refractivity contribution in [2.75, 3.05) is 56.1 Å². The van der Waals surface area contributed by atoms with Crippen molar-refractivity contribution in [1.29, 1.82) is 0 Å². The number of methoxy groups -OCH3 is 2. The van der Waals surface area contributed by atoms with E-state index in [9.17, 15) is 17.6 Å². The van der Waals surface area contributed by atoms with Crippen molar-refractivity contribution in [3.63, 3.8) is 0 Å². The Morgan fingerprint density at radius 2 is 1.53 bits per heavy atom. The third-order valence-electron chi connectivity index (χ3n) is 6.09. The lowest BCUT2D eigenvalue weighted by atomic mass is 10.2. The smallest absolute Gasteiger partial charge is 0.264 e. The van der Waals surface area contributed by atoms with Gasteiger partial charge < -0.3 is 19.3 Å². The number of ether oxygens (including phenoxy) is 2. The normalized spacial score (nSPS) is 13.9. The van der Waals surface area contributed by atoms with E-state index in [1.165, 1.54) is 44.6 Å². The quantitative estimate of drug-likeness (QED) is 0.460. The molecule has 36 heavy (non-hydrogen) atoms. The van der Waals surface area contributed by atoms with E-state index in [4.69, 9.17) is 9.47 Å². The van der Waals surface area contributed by atoms with Gasteiger partial charge in [0.1, 0.15) is 12.4 Å². The van der Waals surface area contributed by atoms with Crippen LogP contribution in [0.2, 0.25) is 0 Å². The highest BCUT2D eigenvalue weighted by Gasteiger charge is 2.31. The van der Waals surface area contributed by atoms with Gasteiger partial charge in [-0.15, -0.1) is 0 Å². The number of sulfonamides is 1. The Labute approximate surface area is 210 Å². The third-order valence-corrected chi connectivity index (χ3v) is 7.86. The van der Waals surface area contributed by atoms with Gasteiger partial charge in [0.25, 0.3) is 10.0 Å². The van der Waals surface area contributed by atoms with Crippen LogP contribution < -0.4 is 18.7 Å². The molecule has 1 fully saturated rings. The topological polar surface area (TPSA) is 79.4 Å². The summed E-state index contributed by atoms with van der Waals surface area (Å²) < 4.78 is 52.5. The number of hydrogen-bond donors (Lipinski definition) is 0. The van der Waals surface area contributed by atoms with E-state index in [-0.39, 0.29) is 22.2 Å². The number of carbonyl (C=O) groups is 1. The van der Waals surface area contributed by atoms with Gasteiger partial charge in [0.15, 0.2) is 11.5 Å². The number of para-hydroxylation sites is 1. The van der Waals surface area contributed by atoms with E-state index in [1.807, 2.05) is 30.3 Å². The van der Waals surface area contributed by atoms with Crippen molar-refractivity contribution in [3.8, 4) is 11.5 Å². The van der Waals surface area contributed by atoms with Crippen LogP contribution in [0.4, 0.5) is 15.8 Å². The SMILES string of the molecule is COc1ccc(S(=O)(=O)N(CC(=O)N2CCN(c3ccccc3)CC2)c2ccc(F)cc2)cc1OC. The second-order valence-corrected chi connectivity index (χ2v) is 10.1. The molecule has 0 radical (unpaired) electrons. The summed E-state index contributed by atoms with van der Waals surface area (Å²) in [5, 5.41) is 0. The molecule has 1 heterocycles. The summed E-state index contributed by atoms with van der Waals surface area (Å²) in [6.07, 6.45) is 0. The Morgan fingerprint density at radius 1 is 0.889 bits per heavy atom. The van der Waals surface area contributed by atoms with Crippen LogP contribution in [0.5, 0.6) is 11.5 Å². The van der Waals surface area contributed by atoms with Gasteiger partial charge in [-0.2, -0.15) is 0 Å². The first-order valence-electron chi connectivity index (χ1n) is 11.4. The maximum absolute atomic E-state index is 13.7. The van der Waals surface area contributed by atoms with Crippen LogP contribution in [-0.4, -0.2) is 66.2 Å². The number of rotatable bonds is 8. The average molecular weight is 514 g/mol. The standard InChI is InChI=1S/C26H28FN3O5S/c1-34-24-13-12-23(18-25(24)35-2)36(32,33)30(22-10-8-20(27)9-11-22)19-26(31)29-16-14-28(15-17-29)21-6-4-3-5-7-21/h3-13,18H,14-17,19H2,1-2H3. The van der Waals surface area contributed by atoms with E-state index < -0.39 is 22.4 Å². The number of nitrogens with zero attached hydrogens (tertiary/aromatic N) is 3. The summed E-state index contributed by atoms with van der Waals surface area (Å²) in [5.41, 5.74) is 1.26. The Hall–Kier alpha value is -3.79. The summed E-state index contributed by atoms with van der Waals surface area (Å²) in [5.74, 6) is -0.236. The van der Waals surface area contributed by atoms with E-state index in [1.54, 1.807) is 4.90 Å². The minimum Gasteiger partial charge on any atom is -0.493 e. The number of anilines is 2. The van der Waals surface area contributed by atoms with E-state index in [0.29, 0.717) is 31.9 Å². The number of benzene rings is 3. The van der Waals surface area contributed by atoms with Gasteiger partial charge in [-0.05, 0) is 48.5 Å². The molecule has 0 aromatic heterocycles. The van der Waals surface area contributed by atoms with Gasteiger partial charge in [-0.1, -0.05) is 18.2 Å². The molecular formula is C26H28FN3O5S. The van der Waals surface area contributed by atoms with Gasteiger partial charge in [0.2, 0.25) is 5.91 Å². The van der Waals surface area contributed by atoms with Gasteiger partial charge in [0.05, 0.1) is 24.8 Å². The van der Waals surface area contributed by atoms with Crippen molar-refractivity contribution in [3.05, 3.63) is 78.6 Å². The fourth-order valence-corrected chi connectivity index (χ4v) is 5.53. The molecule has 1 aliphatic rings. The average Bonchev–Trinajstić information content (AvgIpc) is 2.92. The molecule has 0 unspecified atom stereocenters. The molecule has 190 valence electrons. The molecule has 4 rings (SSSR count). The molecule has 0 spiro atoms. The molecule has 0 bridgehead atoms. The van der Waals surface area contributed by atoms with Crippen LogP contribution >= 0.6 is 0 Å². The molecule has 1 aliphatic heterocycles. The molecule has 10 heteroatoms. The highest BCUT2D eigenvalue weighted by atomic mass is 32.2. The third kappa shape index (κ3) is 5.38. The molecule has 8 nitrogen and oxygen atoms in total. The maximum atomic E-state index is 13.7. The van der Waals surface area contributed by atoms with Crippen LogP contribution in [0.3, 0.4) is 0 Å². The first kappa shape index (κ1) is 25.3. The molecule has 1 saturated heterocycles. The predicted octanol–water partition coefficient (Wildman–Crippen LogP) is 3.39. The minimum absolute atomic E-state index is 0.0776. The molecule has 0 N–H and O–H groups in total. The lowest BCUT2D eigenvalue weighted by molar-refractivity contribution is -0.129. The summed E-state index contributed by atoms with van der Waals surface area (Å²) in [7, 11) is -1.34. The molecule has 0 atom stereocenters. The zero-order valence-electron chi connectivity index (χ0n) is 20.1. The Kier molecular flexibility index (Phi) is 7.64. The number of hydrogen-bond acceptors (Lipinski definition) is 6.